The summed E-state index contributed by atoms with van der Waals surface area (Å²) in [5, 5.41) is 4.99. The molecule has 3 rings (SSSR count). The highest BCUT2D eigenvalue weighted by atomic mass is 79.9. The highest BCUT2D eigenvalue weighted by Gasteiger charge is 2.35. The van der Waals surface area contributed by atoms with E-state index in [-0.39, 0.29) is 23.0 Å². The van der Waals surface area contributed by atoms with Crippen molar-refractivity contribution in [1.82, 2.24) is 19.2 Å². The van der Waals surface area contributed by atoms with Crippen LogP contribution in [0.4, 0.5) is 13.2 Å². The van der Waals surface area contributed by atoms with E-state index in [1.54, 1.807) is 5.38 Å². The van der Waals surface area contributed by atoms with Gasteiger partial charge in [0.25, 0.3) is 5.56 Å². The molecule has 0 amide bonds. The summed E-state index contributed by atoms with van der Waals surface area (Å²) >= 11 is 9.94. The van der Waals surface area contributed by atoms with Crippen LogP contribution in [0.5, 0.6) is 0 Å². The van der Waals surface area contributed by atoms with Gasteiger partial charge in [-0.25, -0.2) is 9.38 Å². The maximum absolute atomic E-state index is 12.9. The zero-order valence-electron chi connectivity index (χ0n) is 10.4. The van der Waals surface area contributed by atoms with E-state index in [1.165, 1.54) is 21.8 Å². The fraction of sp³-hybridized carbons (Fsp3) is 0.182. The average molecular weight is 414 g/mol. The quantitative estimate of drug-likeness (QED) is 0.647. The molecule has 0 atom stereocenters. The van der Waals surface area contributed by atoms with Crippen molar-refractivity contribution in [1.29, 1.82) is 0 Å². The molecule has 22 heavy (non-hydrogen) atoms. The molecule has 3 heterocycles. The molecule has 0 aliphatic rings. The Morgan fingerprint density at radius 2 is 2.09 bits per heavy atom. The number of alkyl halides is 3. The highest BCUT2D eigenvalue weighted by molar-refractivity contribution is 9.10. The number of rotatable bonds is 2. The number of fused-ring (bicyclic) bond motifs is 1. The van der Waals surface area contributed by atoms with Crippen LogP contribution in [0.2, 0.25) is 5.15 Å². The molecular formula is C11H5BrClF3N4OS. The number of nitrogens with zero attached hydrogens (tertiary/aromatic N) is 4. The van der Waals surface area contributed by atoms with Crippen molar-refractivity contribution in [2.45, 2.75) is 12.7 Å². The molecule has 0 spiro atoms. The molecule has 0 bridgehead atoms. The van der Waals surface area contributed by atoms with E-state index in [4.69, 9.17) is 11.6 Å². The van der Waals surface area contributed by atoms with Gasteiger partial charge in [-0.05, 0) is 15.9 Å². The molecular weight excluding hydrogens is 409 g/mol. The molecule has 11 heteroatoms. The van der Waals surface area contributed by atoms with E-state index < -0.39 is 11.9 Å². The molecule has 0 fully saturated rings. The van der Waals surface area contributed by atoms with Gasteiger partial charge < -0.3 is 0 Å². The van der Waals surface area contributed by atoms with Crippen LogP contribution >= 0.6 is 38.9 Å². The zero-order chi connectivity index (χ0) is 16.1. The predicted molar refractivity (Wildman–Crippen MR) is 78.4 cm³/mol. The second-order valence-corrected chi connectivity index (χ2v) is 6.31. The Kier molecular flexibility index (Phi) is 3.77. The fourth-order valence-corrected chi connectivity index (χ4v) is 3.61. The smallest absolute Gasteiger partial charge is 0.269 e. The molecule has 0 aliphatic heterocycles. The van der Waals surface area contributed by atoms with Gasteiger partial charge in [0.2, 0.25) is 0 Å². The molecule has 0 unspecified atom stereocenters. The largest absolute Gasteiger partial charge is 0.433 e. The van der Waals surface area contributed by atoms with Crippen molar-refractivity contribution in [2.24, 2.45) is 0 Å². The van der Waals surface area contributed by atoms with Crippen LogP contribution in [-0.4, -0.2) is 19.2 Å². The van der Waals surface area contributed by atoms with Crippen LogP contribution in [0, 0.1) is 0 Å². The van der Waals surface area contributed by atoms with Crippen LogP contribution in [-0.2, 0) is 12.7 Å². The van der Waals surface area contributed by atoms with Crippen molar-refractivity contribution in [3.8, 4) is 0 Å². The molecule has 3 aromatic heterocycles. The Labute approximate surface area is 138 Å². The number of thiazole rings is 1. The molecule has 0 aromatic carbocycles. The molecule has 0 N–H and O–H groups in total. The van der Waals surface area contributed by atoms with E-state index in [0.29, 0.717) is 14.2 Å². The summed E-state index contributed by atoms with van der Waals surface area (Å²) in [6.45, 7) is -0.303. The van der Waals surface area contributed by atoms with Crippen molar-refractivity contribution >= 4 is 43.8 Å². The van der Waals surface area contributed by atoms with Gasteiger partial charge >= 0.3 is 6.18 Å². The van der Waals surface area contributed by atoms with E-state index in [1.807, 2.05) is 0 Å². The fourth-order valence-electron chi connectivity index (χ4n) is 1.90. The second-order valence-electron chi connectivity index (χ2n) is 4.27. The van der Waals surface area contributed by atoms with Crippen LogP contribution < -0.4 is 5.56 Å². The first-order chi connectivity index (χ1) is 10.3. The standard InChI is InChI=1S/C11H5BrClF3N4OS/c12-7-4-22-10-17-5(1-9(21)20(7)10)3-19-6(11(14,15)16)2-8(13)18-19/h1-2,4H,3H2. The van der Waals surface area contributed by atoms with E-state index in [2.05, 4.69) is 26.0 Å². The first kappa shape index (κ1) is 15.5. The lowest BCUT2D eigenvalue weighted by Gasteiger charge is -2.09. The highest BCUT2D eigenvalue weighted by Crippen LogP contribution is 2.31. The maximum Gasteiger partial charge on any atom is 0.433 e. The SMILES string of the molecule is O=c1cc(Cn2nc(Cl)cc2C(F)(F)F)nc2scc(Br)n12. The van der Waals surface area contributed by atoms with Gasteiger partial charge in [0.05, 0.1) is 12.2 Å². The monoisotopic (exact) mass is 412 g/mol. The lowest BCUT2D eigenvalue weighted by atomic mass is 10.3. The minimum atomic E-state index is -4.59. The Hall–Kier alpha value is -1.39. The molecule has 0 saturated heterocycles. The maximum atomic E-state index is 12.9. The zero-order valence-corrected chi connectivity index (χ0v) is 13.6. The lowest BCUT2D eigenvalue weighted by molar-refractivity contribution is -0.144. The summed E-state index contributed by atoms with van der Waals surface area (Å²) < 4.78 is 41.2. The van der Waals surface area contributed by atoms with E-state index in [0.717, 1.165) is 6.07 Å². The second kappa shape index (κ2) is 5.36. The summed E-state index contributed by atoms with van der Waals surface area (Å²) in [5.74, 6) is 0. The molecule has 116 valence electrons. The van der Waals surface area contributed by atoms with Crippen molar-refractivity contribution in [2.75, 3.05) is 0 Å². The lowest BCUT2D eigenvalue weighted by Crippen LogP contribution is -2.19. The van der Waals surface area contributed by atoms with E-state index >= 15 is 0 Å². The van der Waals surface area contributed by atoms with Crippen LogP contribution in [0.15, 0.2) is 26.9 Å². The van der Waals surface area contributed by atoms with Gasteiger partial charge in [-0.15, -0.1) is 11.3 Å². The third kappa shape index (κ3) is 2.77. The molecule has 3 aromatic rings. The Morgan fingerprint density at radius 3 is 2.77 bits per heavy atom. The van der Waals surface area contributed by atoms with E-state index in [9.17, 15) is 18.0 Å². The van der Waals surface area contributed by atoms with Gasteiger partial charge in [0, 0.05) is 17.5 Å². The third-order valence-corrected chi connectivity index (χ3v) is 4.67. The Bertz CT molecular complexity index is 916. The van der Waals surface area contributed by atoms with Gasteiger partial charge in [-0.2, -0.15) is 18.3 Å². The molecule has 0 aliphatic carbocycles. The Balaban J connectivity index is 2.06. The first-order valence-corrected chi connectivity index (χ1v) is 7.77. The minimum Gasteiger partial charge on any atom is -0.269 e. The summed E-state index contributed by atoms with van der Waals surface area (Å²) in [7, 11) is 0. The van der Waals surface area contributed by atoms with Crippen molar-refractivity contribution < 1.29 is 13.2 Å². The molecule has 0 saturated carbocycles. The van der Waals surface area contributed by atoms with Crippen LogP contribution in [0.3, 0.4) is 0 Å². The van der Waals surface area contributed by atoms with Gasteiger partial charge in [0.1, 0.15) is 10.3 Å². The topological polar surface area (TPSA) is 52.2 Å². The molecule has 0 radical (unpaired) electrons. The predicted octanol–water partition coefficient (Wildman–Crippen LogP) is 3.44. The number of hydrogen-bond donors (Lipinski definition) is 0. The van der Waals surface area contributed by atoms with Gasteiger partial charge in [-0.1, -0.05) is 11.6 Å². The van der Waals surface area contributed by atoms with Crippen molar-refractivity contribution in [3.63, 3.8) is 0 Å². The Morgan fingerprint density at radius 1 is 1.36 bits per heavy atom. The van der Waals surface area contributed by atoms with Gasteiger partial charge in [0.15, 0.2) is 10.1 Å². The average Bonchev–Trinajstić information content (AvgIpc) is 2.93. The minimum absolute atomic E-state index is 0.171. The molecule has 5 nitrogen and oxygen atoms in total. The third-order valence-electron chi connectivity index (χ3n) is 2.77. The summed E-state index contributed by atoms with van der Waals surface area (Å²) in [5.41, 5.74) is -1.21. The first-order valence-electron chi connectivity index (χ1n) is 5.72. The van der Waals surface area contributed by atoms with Crippen LogP contribution in [0.25, 0.3) is 4.96 Å². The van der Waals surface area contributed by atoms with Crippen molar-refractivity contribution in [3.05, 3.63) is 49.0 Å². The number of halogens is 5. The summed E-state index contributed by atoms with van der Waals surface area (Å²) in [6, 6.07) is 1.90. The number of hydrogen-bond acceptors (Lipinski definition) is 4. The normalized spacial score (nSPS) is 12.2. The van der Waals surface area contributed by atoms with Gasteiger partial charge in [-0.3, -0.25) is 9.48 Å². The number of aromatic nitrogens is 4. The summed E-state index contributed by atoms with van der Waals surface area (Å²) in [4.78, 5) is 16.5. The van der Waals surface area contributed by atoms with Crippen LogP contribution in [0.1, 0.15) is 11.4 Å². The summed E-state index contributed by atoms with van der Waals surface area (Å²) in [6.07, 6.45) is -4.59.